The molecule has 0 radical (unpaired) electrons. The van der Waals surface area contributed by atoms with Crippen molar-refractivity contribution in [2.75, 3.05) is 13.2 Å². The average molecular weight is 339 g/mol. The van der Waals surface area contributed by atoms with E-state index < -0.39 is 0 Å². The van der Waals surface area contributed by atoms with Crippen LogP contribution in [-0.4, -0.2) is 36.1 Å². The molecule has 6 aliphatic carbocycles. The summed E-state index contributed by atoms with van der Waals surface area (Å²) in [6.45, 7) is 8.83. The maximum absolute atomic E-state index is 13.7. The highest BCUT2D eigenvalue weighted by Crippen LogP contribution is 2.83. The molecule has 8 aliphatic rings. The van der Waals surface area contributed by atoms with Gasteiger partial charge in [0.1, 0.15) is 12.0 Å². The van der Waals surface area contributed by atoms with Crippen molar-refractivity contribution in [3.63, 3.8) is 0 Å². The molecule has 0 aromatic carbocycles. The van der Waals surface area contributed by atoms with Crippen LogP contribution in [0, 0.1) is 39.9 Å². The first-order valence-electron chi connectivity index (χ1n) is 10.6. The molecule has 2 aliphatic heterocycles. The lowest BCUT2D eigenvalue weighted by Crippen LogP contribution is -2.71. The number of Topliss-reactive ketones (excluding diaryl/α,β-unsaturated/α-hetero) is 1. The van der Waals surface area contributed by atoms with Crippen molar-refractivity contribution < 1.29 is 9.53 Å². The summed E-state index contributed by atoms with van der Waals surface area (Å²) in [5, 5.41) is 0. The SMILES string of the molecule is C=C1CC23CC(=O)C4C5(C)CCCC46C(C2CC1CC36)N1CCOC15. The van der Waals surface area contributed by atoms with Crippen LogP contribution in [0.2, 0.25) is 0 Å². The van der Waals surface area contributed by atoms with E-state index in [1.807, 2.05) is 0 Å². The third-order valence-corrected chi connectivity index (χ3v) is 10.4. The summed E-state index contributed by atoms with van der Waals surface area (Å²) in [6.07, 6.45) is 8.64. The first-order chi connectivity index (χ1) is 12.0. The van der Waals surface area contributed by atoms with Gasteiger partial charge in [0, 0.05) is 35.8 Å². The van der Waals surface area contributed by atoms with E-state index >= 15 is 0 Å². The third kappa shape index (κ3) is 1.22. The molecule has 6 saturated carbocycles. The topological polar surface area (TPSA) is 29.5 Å². The van der Waals surface area contributed by atoms with Gasteiger partial charge in [-0.1, -0.05) is 25.5 Å². The normalized spacial score (nSPS) is 63.9. The zero-order chi connectivity index (χ0) is 16.8. The molecule has 0 N–H and O–H groups in total. The molecular formula is C22H29NO2. The van der Waals surface area contributed by atoms with Crippen molar-refractivity contribution in [3.05, 3.63) is 12.2 Å². The van der Waals surface area contributed by atoms with Crippen LogP contribution in [0.4, 0.5) is 0 Å². The standard InChI is InChI=1S/C22H29NO2/c1-12-10-21-11-15(24)17-20(2)4-3-5-22(17)16(21)9-13(12)8-14(21)18(22)23-6-7-25-19(20)23/h13-14,16-19H,1,3-11H2,2H3. The monoisotopic (exact) mass is 339 g/mol. The van der Waals surface area contributed by atoms with Crippen LogP contribution in [0.25, 0.3) is 0 Å². The second kappa shape index (κ2) is 3.94. The maximum Gasteiger partial charge on any atom is 0.137 e. The summed E-state index contributed by atoms with van der Waals surface area (Å²) in [7, 11) is 0. The Bertz CT molecular complexity index is 732. The van der Waals surface area contributed by atoms with Crippen LogP contribution < -0.4 is 0 Å². The molecule has 8 rings (SSSR count). The minimum Gasteiger partial charge on any atom is -0.361 e. The molecule has 0 aromatic rings. The zero-order valence-electron chi connectivity index (χ0n) is 15.3. The Balaban J connectivity index is 1.54. The van der Waals surface area contributed by atoms with E-state index in [-0.39, 0.29) is 28.4 Å². The summed E-state index contributed by atoms with van der Waals surface area (Å²) in [6, 6.07) is 0.618. The summed E-state index contributed by atoms with van der Waals surface area (Å²) in [4.78, 5) is 16.5. The van der Waals surface area contributed by atoms with Crippen LogP contribution in [0.1, 0.15) is 51.9 Å². The highest BCUT2D eigenvalue weighted by molar-refractivity contribution is 5.86. The van der Waals surface area contributed by atoms with Gasteiger partial charge in [0.2, 0.25) is 0 Å². The van der Waals surface area contributed by atoms with E-state index in [0.29, 0.717) is 11.8 Å². The van der Waals surface area contributed by atoms with Crippen LogP contribution in [0.5, 0.6) is 0 Å². The van der Waals surface area contributed by atoms with Crippen molar-refractivity contribution in [2.24, 2.45) is 39.9 Å². The molecule has 2 spiro atoms. The van der Waals surface area contributed by atoms with E-state index in [4.69, 9.17) is 4.74 Å². The predicted octanol–water partition coefficient (Wildman–Crippen LogP) is 3.39. The maximum atomic E-state index is 13.7. The molecule has 25 heavy (non-hydrogen) atoms. The van der Waals surface area contributed by atoms with Gasteiger partial charge in [-0.15, -0.1) is 0 Å². The van der Waals surface area contributed by atoms with Gasteiger partial charge >= 0.3 is 0 Å². The number of ketones is 1. The fourth-order valence-corrected chi connectivity index (χ4v) is 10.3. The number of nitrogens with zero attached hydrogens (tertiary/aromatic N) is 1. The van der Waals surface area contributed by atoms with E-state index in [1.54, 1.807) is 0 Å². The first kappa shape index (κ1) is 14.4. The smallest absolute Gasteiger partial charge is 0.137 e. The van der Waals surface area contributed by atoms with Crippen molar-refractivity contribution in [1.82, 2.24) is 4.90 Å². The summed E-state index contributed by atoms with van der Waals surface area (Å²) >= 11 is 0. The summed E-state index contributed by atoms with van der Waals surface area (Å²) in [5.74, 6) is 3.12. The van der Waals surface area contributed by atoms with Crippen molar-refractivity contribution in [1.29, 1.82) is 0 Å². The minimum atomic E-state index is 0.0533. The number of piperidine rings is 1. The number of ether oxygens (including phenoxy) is 1. The highest BCUT2D eigenvalue weighted by atomic mass is 16.5. The number of rotatable bonds is 0. The van der Waals surface area contributed by atoms with Gasteiger partial charge in [0.15, 0.2) is 0 Å². The van der Waals surface area contributed by atoms with Crippen LogP contribution >= 0.6 is 0 Å². The van der Waals surface area contributed by atoms with Crippen molar-refractivity contribution in [3.8, 4) is 0 Å². The Morgan fingerprint density at radius 3 is 3.00 bits per heavy atom. The Morgan fingerprint density at radius 1 is 1.24 bits per heavy atom. The number of fused-ring (bicyclic) bond motifs is 4. The Labute approximate surface area is 150 Å². The highest BCUT2D eigenvalue weighted by Gasteiger charge is 2.83. The van der Waals surface area contributed by atoms with E-state index in [2.05, 4.69) is 18.4 Å². The van der Waals surface area contributed by atoms with Gasteiger partial charge < -0.3 is 4.74 Å². The lowest BCUT2D eigenvalue weighted by atomic mass is 9.39. The molecule has 3 heteroatoms. The van der Waals surface area contributed by atoms with Gasteiger partial charge in [-0.2, -0.15) is 0 Å². The molecule has 8 fully saturated rings. The van der Waals surface area contributed by atoms with E-state index in [1.165, 1.54) is 37.7 Å². The Kier molecular flexibility index (Phi) is 2.27. The predicted molar refractivity (Wildman–Crippen MR) is 93.6 cm³/mol. The zero-order valence-corrected chi connectivity index (χ0v) is 15.3. The van der Waals surface area contributed by atoms with Crippen LogP contribution in [-0.2, 0) is 9.53 Å². The van der Waals surface area contributed by atoms with Gasteiger partial charge in [-0.3, -0.25) is 9.69 Å². The number of carbonyl (C=O) groups is 1. The van der Waals surface area contributed by atoms with Crippen LogP contribution in [0.15, 0.2) is 12.2 Å². The quantitative estimate of drug-likeness (QED) is 0.634. The van der Waals surface area contributed by atoms with Gasteiger partial charge in [-0.25, -0.2) is 0 Å². The number of hydrogen-bond donors (Lipinski definition) is 0. The van der Waals surface area contributed by atoms with Gasteiger partial charge in [0.05, 0.1) is 6.61 Å². The molecule has 3 nitrogen and oxygen atoms in total. The molecular weight excluding hydrogens is 310 g/mol. The lowest BCUT2D eigenvalue weighted by Gasteiger charge is -2.67. The molecule has 9 unspecified atom stereocenters. The largest absolute Gasteiger partial charge is 0.361 e. The second-order valence-corrected chi connectivity index (χ2v) is 10.8. The fourth-order valence-electron chi connectivity index (χ4n) is 10.3. The molecule has 9 atom stereocenters. The van der Waals surface area contributed by atoms with Crippen molar-refractivity contribution in [2.45, 2.75) is 64.1 Å². The van der Waals surface area contributed by atoms with Gasteiger partial charge in [0.25, 0.3) is 0 Å². The number of hydrogen-bond acceptors (Lipinski definition) is 3. The number of allylic oxidation sites excluding steroid dienone is 1. The van der Waals surface area contributed by atoms with Crippen molar-refractivity contribution >= 4 is 5.78 Å². The molecule has 6 bridgehead atoms. The van der Waals surface area contributed by atoms with E-state index in [9.17, 15) is 4.79 Å². The summed E-state index contributed by atoms with van der Waals surface area (Å²) < 4.78 is 6.35. The Hall–Kier alpha value is -0.670. The number of carbonyl (C=O) groups excluding carboxylic acids is 1. The second-order valence-electron chi connectivity index (χ2n) is 10.8. The Morgan fingerprint density at radius 2 is 2.12 bits per heavy atom. The first-order valence-corrected chi connectivity index (χ1v) is 10.6. The molecule has 0 amide bonds. The summed E-state index contributed by atoms with van der Waals surface area (Å²) in [5.41, 5.74) is 2.06. The average Bonchev–Trinajstić information content (AvgIpc) is 3.05. The molecule has 134 valence electrons. The molecule has 2 heterocycles. The van der Waals surface area contributed by atoms with E-state index in [0.717, 1.165) is 43.7 Å². The molecule has 2 saturated heterocycles. The van der Waals surface area contributed by atoms with Gasteiger partial charge in [-0.05, 0) is 55.3 Å². The molecule has 0 aromatic heterocycles. The van der Waals surface area contributed by atoms with Crippen LogP contribution in [0.3, 0.4) is 0 Å². The third-order valence-electron chi connectivity index (χ3n) is 10.4. The lowest BCUT2D eigenvalue weighted by molar-refractivity contribution is -0.233. The fraction of sp³-hybridized carbons (Fsp3) is 0.864. The minimum absolute atomic E-state index is 0.0533.